The van der Waals surface area contributed by atoms with Crippen molar-refractivity contribution in [3.63, 3.8) is 0 Å². The number of piperidine rings is 2. The molecule has 2 unspecified atom stereocenters. The van der Waals surface area contributed by atoms with Crippen molar-refractivity contribution in [2.45, 2.75) is 107 Å². The van der Waals surface area contributed by atoms with Crippen LogP contribution < -0.4 is 10.5 Å². The largest absolute Gasteiger partial charge is 0.480 e. The number of carboxylic acid groups (broad SMARTS) is 1. The van der Waals surface area contributed by atoms with Crippen LogP contribution in [0.4, 0.5) is 5.82 Å². The molecule has 7 rings (SSSR count). The molecular weight excluding hydrogens is 502 g/mol. The lowest BCUT2D eigenvalue weighted by Gasteiger charge is -2.55. The van der Waals surface area contributed by atoms with Gasteiger partial charge < -0.3 is 14.6 Å². The number of aliphatic carboxylic acids is 1. The average molecular weight is 548 g/mol. The Kier molecular flexibility index (Phi) is 6.69. The van der Waals surface area contributed by atoms with Crippen molar-refractivity contribution in [3.05, 3.63) is 34.6 Å². The second-order valence-corrected chi connectivity index (χ2v) is 13.9. The Labute approximate surface area is 237 Å². The number of hydrogen-bond acceptors (Lipinski definition) is 6. The van der Waals surface area contributed by atoms with Crippen LogP contribution >= 0.6 is 0 Å². The molecule has 5 aliphatic rings. The monoisotopic (exact) mass is 547 g/mol. The molecule has 1 N–H and O–H groups in total. The highest BCUT2D eigenvalue weighted by atomic mass is 16.4. The van der Waals surface area contributed by atoms with E-state index in [0.717, 1.165) is 41.8 Å². The Morgan fingerprint density at radius 1 is 0.875 bits per heavy atom. The molecular formula is C32H45N5O3. The van der Waals surface area contributed by atoms with E-state index >= 15 is 0 Å². The van der Waals surface area contributed by atoms with Crippen LogP contribution in [0.25, 0.3) is 11.0 Å². The summed E-state index contributed by atoms with van der Waals surface area (Å²) in [6.07, 6.45) is 15.7. The molecule has 8 heteroatoms. The minimum Gasteiger partial charge on any atom is -0.480 e. The number of benzene rings is 1. The van der Waals surface area contributed by atoms with Crippen LogP contribution in [0.3, 0.4) is 0 Å². The lowest BCUT2D eigenvalue weighted by atomic mass is 9.73. The van der Waals surface area contributed by atoms with Crippen molar-refractivity contribution in [1.29, 1.82) is 0 Å². The van der Waals surface area contributed by atoms with Gasteiger partial charge in [0.2, 0.25) is 0 Å². The molecule has 8 nitrogen and oxygen atoms in total. The molecule has 6 atom stereocenters. The first kappa shape index (κ1) is 26.4. The number of carbonyl (C=O) groups is 1. The molecule has 3 aliphatic heterocycles. The van der Waals surface area contributed by atoms with Crippen LogP contribution in [0.5, 0.6) is 0 Å². The maximum Gasteiger partial charge on any atom is 0.327 e. The fraction of sp³-hybridized carbons (Fsp3) is 0.719. The molecule has 4 heterocycles. The molecule has 2 saturated carbocycles. The highest BCUT2D eigenvalue weighted by Gasteiger charge is 2.53. The van der Waals surface area contributed by atoms with Crippen molar-refractivity contribution in [3.8, 4) is 0 Å². The van der Waals surface area contributed by atoms with Crippen LogP contribution in [0.1, 0.15) is 83.1 Å². The zero-order valence-electron chi connectivity index (χ0n) is 24.2. The Morgan fingerprint density at radius 2 is 1.52 bits per heavy atom. The molecule has 40 heavy (non-hydrogen) atoms. The van der Waals surface area contributed by atoms with Crippen molar-refractivity contribution >= 4 is 22.8 Å². The number of carboxylic acids is 1. The zero-order valence-corrected chi connectivity index (χ0v) is 24.2. The average Bonchev–Trinajstić information content (AvgIpc) is 3.06. The molecule has 0 spiro atoms. The van der Waals surface area contributed by atoms with E-state index in [1.165, 1.54) is 64.2 Å². The van der Waals surface area contributed by atoms with Gasteiger partial charge in [0.05, 0.1) is 24.1 Å². The van der Waals surface area contributed by atoms with Gasteiger partial charge >= 0.3 is 5.97 Å². The lowest BCUT2D eigenvalue weighted by molar-refractivity contribution is -0.151. The van der Waals surface area contributed by atoms with E-state index in [2.05, 4.69) is 9.47 Å². The summed E-state index contributed by atoms with van der Waals surface area (Å²) in [6, 6.07) is 9.97. The van der Waals surface area contributed by atoms with Crippen LogP contribution in [-0.4, -0.2) is 81.3 Å². The van der Waals surface area contributed by atoms with Gasteiger partial charge in [-0.2, -0.15) is 0 Å². The molecule has 0 radical (unpaired) electrons. The zero-order chi connectivity index (χ0) is 27.6. The Hall–Kier alpha value is -2.45. The third kappa shape index (κ3) is 4.28. The minimum atomic E-state index is -0.982. The van der Waals surface area contributed by atoms with Gasteiger partial charge in [0, 0.05) is 24.2 Å². The van der Waals surface area contributed by atoms with Gasteiger partial charge in [0.1, 0.15) is 0 Å². The third-order valence-corrected chi connectivity index (χ3v) is 11.4. The van der Waals surface area contributed by atoms with Crippen molar-refractivity contribution in [1.82, 2.24) is 19.4 Å². The summed E-state index contributed by atoms with van der Waals surface area (Å²) in [5.74, 6) is 1.38. The Bertz CT molecular complexity index is 1310. The van der Waals surface area contributed by atoms with Gasteiger partial charge in [-0.15, -0.1) is 0 Å². The van der Waals surface area contributed by atoms with E-state index in [1.807, 2.05) is 29.2 Å². The van der Waals surface area contributed by atoms with Crippen molar-refractivity contribution < 1.29 is 9.90 Å². The fourth-order valence-electron chi connectivity index (χ4n) is 9.36. The highest BCUT2D eigenvalue weighted by molar-refractivity contribution is 5.84. The van der Waals surface area contributed by atoms with Gasteiger partial charge in [0.15, 0.2) is 11.4 Å². The van der Waals surface area contributed by atoms with E-state index in [0.29, 0.717) is 17.9 Å². The number of anilines is 1. The number of aromatic nitrogens is 2. The number of hydrogen-bond donors (Lipinski definition) is 1. The normalized spacial score (nSPS) is 33.9. The highest BCUT2D eigenvalue weighted by Crippen LogP contribution is 2.47. The molecule has 1 aromatic carbocycles. The second-order valence-electron chi connectivity index (χ2n) is 13.9. The topological polar surface area (TPSA) is 81.9 Å². The van der Waals surface area contributed by atoms with Crippen LogP contribution in [0, 0.1) is 11.8 Å². The summed E-state index contributed by atoms with van der Waals surface area (Å²) in [5, 5.41) is 9.93. The van der Waals surface area contributed by atoms with Gasteiger partial charge in [-0.1, -0.05) is 44.2 Å². The summed E-state index contributed by atoms with van der Waals surface area (Å²) in [7, 11) is 3.59. The molecule has 4 bridgehead atoms. The van der Waals surface area contributed by atoms with Crippen LogP contribution in [0.2, 0.25) is 0 Å². The summed E-state index contributed by atoms with van der Waals surface area (Å²) in [5.41, 5.74) is 0.689. The minimum absolute atomic E-state index is 0.0587. The standard InChI is InChI=1S/C32H45N5O3/c1-34(2)32(31(39)40)19-35(20-32)29-30(38)37(28-13-6-5-12-27(28)33-29)26-17-23-10-7-11-24(18-26)36(23)25-15-21-8-3-4-9-22(14-21)16-25/h5-6,12-13,21-26H,3-4,7-11,14-20H2,1-2H3,(H,39,40)/t21-,22+,23-,24+,25?,26?. The number of para-hydroxylation sites is 2. The van der Waals surface area contributed by atoms with E-state index in [1.54, 1.807) is 19.0 Å². The number of nitrogens with zero attached hydrogens (tertiary/aromatic N) is 5. The second kappa shape index (κ2) is 10.1. The molecule has 2 aromatic rings. The first-order valence-electron chi connectivity index (χ1n) is 15.8. The van der Waals surface area contributed by atoms with Gasteiger partial charge in [-0.25, -0.2) is 4.98 Å². The van der Waals surface area contributed by atoms with Crippen LogP contribution in [-0.2, 0) is 4.79 Å². The molecule has 0 amide bonds. The summed E-state index contributed by atoms with van der Waals surface area (Å²) in [4.78, 5) is 37.7. The number of fused-ring (bicyclic) bond motifs is 5. The maximum atomic E-state index is 14.2. The van der Waals surface area contributed by atoms with Gasteiger partial charge in [-0.05, 0) is 83.0 Å². The maximum absolute atomic E-state index is 14.2. The molecule has 1 aromatic heterocycles. The Balaban J connectivity index is 1.20. The quantitative estimate of drug-likeness (QED) is 0.590. The lowest BCUT2D eigenvalue weighted by Crippen LogP contribution is -2.73. The first-order valence-corrected chi connectivity index (χ1v) is 15.8. The van der Waals surface area contributed by atoms with Gasteiger partial charge in [0.25, 0.3) is 5.56 Å². The first-order chi connectivity index (χ1) is 19.3. The van der Waals surface area contributed by atoms with E-state index < -0.39 is 11.5 Å². The molecule has 216 valence electrons. The Morgan fingerprint density at radius 3 is 2.15 bits per heavy atom. The van der Waals surface area contributed by atoms with Crippen molar-refractivity contribution in [2.24, 2.45) is 11.8 Å². The third-order valence-electron chi connectivity index (χ3n) is 11.4. The van der Waals surface area contributed by atoms with E-state index in [-0.39, 0.29) is 24.7 Å². The fourth-order valence-corrected chi connectivity index (χ4v) is 9.36. The summed E-state index contributed by atoms with van der Waals surface area (Å²) >= 11 is 0. The van der Waals surface area contributed by atoms with Gasteiger partial charge in [-0.3, -0.25) is 19.4 Å². The number of likely N-dealkylation sites (N-methyl/N-ethyl adjacent to an activating group) is 1. The summed E-state index contributed by atoms with van der Waals surface area (Å²) in [6.45, 7) is 0.535. The molecule has 3 saturated heterocycles. The predicted octanol–water partition coefficient (Wildman–Crippen LogP) is 4.52. The predicted molar refractivity (Wildman–Crippen MR) is 157 cm³/mol. The molecule has 5 fully saturated rings. The summed E-state index contributed by atoms with van der Waals surface area (Å²) < 4.78 is 2.05. The smallest absolute Gasteiger partial charge is 0.327 e. The van der Waals surface area contributed by atoms with E-state index in [9.17, 15) is 14.7 Å². The SMILES string of the molecule is CN(C)C1(C(=O)O)CN(c2nc3ccccc3n(C3C[C@H]4CCC[C@@H](C3)N4C3C[C@H]4CCCC[C@@H](C3)C4)c2=O)C1. The van der Waals surface area contributed by atoms with Crippen molar-refractivity contribution in [2.75, 3.05) is 32.1 Å². The molecule has 2 aliphatic carbocycles. The van der Waals surface area contributed by atoms with E-state index in [4.69, 9.17) is 4.98 Å². The van der Waals surface area contributed by atoms with Crippen LogP contribution in [0.15, 0.2) is 29.1 Å². The number of rotatable bonds is 5.